The molecule has 0 aromatic carbocycles. The zero-order chi connectivity index (χ0) is 16.4. The van der Waals surface area contributed by atoms with Gasteiger partial charge in [0, 0.05) is 36.4 Å². The first kappa shape index (κ1) is 16.7. The molecular formula is C17H28N4OS. The maximum Gasteiger partial charge on any atom is 0.191 e. The average molecular weight is 337 g/mol. The van der Waals surface area contributed by atoms with Crippen molar-refractivity contribution in [2.45, 2.75) is 58.7 Å². The smallest absolute Gasteiger partial charge is 0.191 e. The van der Waals surface area contributed by atoms with Crippen molar-refractivity contribution in [2.24, 2.45) is 16.3 Å². The molecule has 2 aliphatic rings. The monoisotopic (exact) mass is 336 g/mol. The third-order valence-electron chi connectivity index (χ3n) is 5.19. The molecule has 2 fully saturated rings. The van der Waals surface area contributed by atoms with Gasteiger partial charge in [-0.1, -0.05) is 20.8 Å². The van der Waals surface area contributed by atoms with Crippen LogP contribution < -0.4 is 10.6 Å². The molecule has 23 heavy (non-hydrogen) atoms. The Morgan fingerprint density at radius 2 is 2.35 bits per heavy atom. The van der Waals surface area contributed by atoms with E-state index in [0.717, 1.165) is 24.7 Å². The van der Waals surface area contributed by atoms with Gasteiger partial charge in [-0.2, -0.15) is 0 Å². The number of aromatic nitrogens is 1. The molecule has 3 unspecified atom stereocenters. The molecule has 1 saturated heterocycles. The number of guanidine groups is 1. The van der Waals surface area contributed by atoms with Crippen LogP contribution in [-0.2, 0) is 17.7 Å². The van der Waals surface area contributed by atoms with Crippen molar-refractivity contribution in [3.63, 3.8) is 0 Å². The van der Waals surface area contributed by atoms with Crippen molar-refractivity contribution in [3.8, 4) is 0 Å². The third kappa shape index (κ3) is 3.24. The number of nitrogens with zero attached hydrogens (tertiary/aromatic N) is 2. The molecule has 1 aliphatic carbocycles. The number of hydrogen-bond acceptors (Lipinski definition) is 4. The minimum atomic E-state index is 0.152. The summed E-state index contributed by atoms with van der Waals surface area (Å²) in [7, 11) is 1.83. The lowest BCUT2D eigenvalue weighted by Gasteiger charge is -2.60. The Bertz CT molecular complexity index is 569. The first-order chi connectivity index (χ1) is 11.1. The van der Waals surface area contributed by atoms with E-state index in [0.29, 0.717) is 24.6 Å². The van der Waals surface area contributed by atoms with Gasteiger partial charge in [0.15, 0.2) is 5.96 Å². The second-order valence-electron chi connectivity index (χ2n) is 7.05. The fraction of sp³-hybridized carbons (Fsp3) is 0.765. The zero-order valence-corrected chi connectivity index (χ0v) is 15.4. The van der Waals surface area contributed by atoms with E-state index in [2.05, 4.69) is 46.8 Å². The molecular weight excluding hydrogens is 308 g/mol. The molecule has 2 N–H and O–H groups in total. The van der Waals surface area contributed by atoms with Crippen LogP contribution >= 0.6 is 11.3 Å². The standard InChI is InChI=1S/C17H28N4OS/c1-5-13-20-11(10-23-13)9-19-16(18-4)21-14-12-7-6-8-22-15(12)17(14,2)3/h10,12,14-15H,5-9H2,1-4H3,(H2,18,19,21). The topological polar surface area (TPSA) is 58.5 Å². The summed E-state index contributed by atoms with van der Waals surface area (Å²) in [6, 6.07) is 0.417. The fourth-order valence-electron chi connectivity index (χ4n) is 3.92. The molecule has 0 spiro atoms. The van der Waals surface area contributed by atoms with Crippen LogP contribution in [0.15, 0.2) is 10.4 Å². The quantitative estimate of drug-likeness (QED) is 0.655. The van der Waals surface area contributed by atoms with Crippen molar-refractivity contribution in [1.82, 2.24) is 15.6 Å². The summed E-state index contributed by atoms with van der Waals surface area (Å²) in [5, 5.41) is 10.3. The van der Waals surface area contributed by atoms with E-state index in [4.69, 9.17) is 4.74 Å². The highest BCUT2D eigenvalue weighted by molar-refractivity contribution is 7.09. The summed E-state index contributed by atoms with van der Waals surface area (Å²) in [6.07, 6.45) is 3.80. The number of nitrogens with one attached hydrogen (secondary N) is 2. The second kappa shape index (κ2) is 6.77. The van der Waals surface area contributed by atoms with E-state index in [1.807, 2.05) is 7.05 Å². The SMILES string of the molecule is CCc1nc(CNC(=NC)NC2C3CCCOC3C2(C)C)cs1. The number of thiazole rings is 1. The molecule has 2 heterocycles. The van der Waals surface area contributed by atoms with Crippen LogP contribution in [0.2, 0.25) is 0 Å². The average Bonchev–Trinajstić information content (AvgIpc) is 3.03. The Labute approximate surface area is 142 Å². The summed E-state index contributed by atoms with van der Waals surface area (Å²) >= 11 is 1.73. The van der Waals surface area contributed by atoms with Crippen molar-refractivity contribution in [1.29, 1.82) is 0 Å². The minimum Gasteiger partial charge on any atom is -0.377 e. The summed E-state index contributed by atoms with van der Waals surface area (Å²) in [5.74, 6) is 1.46. The number of fused-ring (bicyclic) bond motifs is 1. The van der Waals surface area contributed by atoms with E-state index < -0.39 is 0 Å². The molecule has 1 saturated carbocycles. The van der Waals surface area contributed by atoms with Gasteiger partial charge in [0.1, 0.15) is 0 Å². The Kier molecular flexibility index (Phi) is 4.92. The first-order valence-electron chi connectivity index (χ1n) is 8.58. The van der Waals surface area contributed by atoms with Gasteiger partial charge in [0.2, 0.25) is 0 Å². The fourth-order valence-corrected chi connectivity index (χ4v) is 4.67. The third-order valence-corrected chi connectivity index (χ3v) is 6.23. The number of ether oxygens (including phenoxy) is 1. The van der Waals surface area contributed by atoms with Gasteiger partial charge < -0.3 is 15.4 Å². The Morgan fingerprint density at radius 3 is 3.04 bits per heavy atom. The molecule has 1 aromatic heterocycles. The van der Waals surface area contributed by atoms with E-state index in [9.17, 15) is 0 Å². The van der Waals surface area contributed by atoms with E-state index in [1.54, 1.807) is 11.3 Å². The van der Waals surface area contributed by atoms with Crippen molar-refractivity contribution in [3.05, 3.63) is 16.1 Å². The van der Waals surface area contributed by atoms with E-state index >= 15 is 0 Å². The van der Waals surface area contributed by atoms with Gasteiger partial charge in [-0.25, -0.2) is 4.98 Å². The van der Waals surface area contributed by atoms with Gasteiger partial charge >= 0.3 is 0 Å². The number of aryl methyl sites for hydroxylation is 1. The lowest BCUT2D eigenvalue weighted by Crippen LogP contribution is -2.71. The predicted molar refractivity (Wildman–Crippen MR) is 94.9 cm³/mol. The molecule has 0 bridgehead atoms. The largest absolute Gasteiger partial charge is 0.377 e. The van der Waals surface area contributed by atoms with Gasteiger partial charge in [-0.3, -0.25) is 4.99 Å². The molecule has 6 heteroatoms. The zero-order valence-electron chi connectivity index (χ0n) is 14.6. The molecule has 1 aliphatic heterocycles. The number of aliphatic imine (C=N–C) groups is 1. The van der Waals surface area contributed by atoms with Gasteiger partial charge in [-0.15, -0.1) is 11.3 Å². The number of rotatable bonds is 4. The van der Waals surface area contributed by atoms with E-state index in [-0.39, 0.29) is 5.41 Å². The van der Waals surface area contributed by atoms with Crippen LogP contribution in [0.4, 0.5) is 0 Å². The highest BCUT2D eigenvalue weighted by Crippen LogP contribution is 2.51. The normalized spacial score (nSPS) is 29.6. The Morgan fingerprint density at radius 1 is 1.52 bits per heavy atom. The molecule has 0 amide bonds. The van der Waals surface area contributed by atoms with Crippen LogP contribution in [-0.4, -0.2) is 36.7 Å². The summed E-state index contributed by atoms with van der Waals surface area (Å²) < 4.78 is 5.97. The lowest BCUT2D eigenvalue weighted by molar-refractivity contribution is -0.188. The maximum atomic E-state index is 5.97. The highest BCUT2D eigenvalue weighted by atomic mass is 32.1. The molecule has 3 atom stereocenters. The van der Waals surface area contributed by atoms with Crippen LogP contribution in [0, 0.1) is 11.3 Å². The van der Waals surface area contributed by atoms with Crippen LogP contribution in [0.3, 0.4) is 0 Å². The highest BCUT2D eigenvalue weighted by Gasteiger charge is 2.58. The lowest BCUT2D eigenvalue weighted by atomic mass is 9.55. The molecule has 5 nitrogen and oxygen atoms in total. The predicted octanol–water partition coefficient (Wildman–Crippen LogP) is 2.57. The minimum absolute atomic E-state index is 0.152. The summed E-state index contributed by atoms with van der Waals surface area (Å²) in [4.78, 5) is 8.98. The van der Waals surface area contributed by atoms with Gasteiger partial charge in [0.05, 0.1) is 23.4 Å². The van der Waals surface area contributed by atoms with Gasteiger partial charge in [-0.05, 0) is 19.3 Å². The van der Waals surface area contributed by atoms with Crippen LogP contribution in [0.1, 0.15) is 44.3 Å². The molecule has 1 aromatic rings. The number of hydrogen-bond donors (Lipinski definition) is 2. The Balaban J connectivity index is 1.57. The van der Waals surface area contributed by atoms with Crippen molar-refractivity contribution in [2.75, 3.05) is 13.7 Å². The Hall–Kier alpha value is -1.14. The van der Waals surface area contributed by atoms with Gasteiger partial charge in [0.25, 0.3) is 0 Å². The van der Waals surface area contributed by atoms with Crippen molar-refractivity contribution < 1.29 is 4.74 Å². The molecule has 0 radical (unpaired) electrons. The summed E-state index contributed by atoms with van der Waals surface area (Å²) in [6.45, 7) is 8.34. The first-order valence-corrected chi connectivity index (χ1v) is 9.46. The summed E-state index contributed by atoms with van der Waals surface area (Å²) in [5.41, 5.74) is 1.24. The second-order valence-corrected chi connectivity index (χ2v) is 8.00. The van der Waals surface area contributed by atoms with Crippen molar-refractivity contribution >= 4 is 17.3 Å². The maximum absolute atomic E-state index is 5.97. The van der Waals surface area contributed by atoms with Crippen LogP contribution in [0.25, 0.3) is 0 Å². The van der Waals surface area contributed by atoms with E-state index in [1.165, 1.54) is 17.8 Å². The molecule has 128 valence electrons. The van der Waals surface area contributed by atoms with Crippen LogP contribution in [0.5, 0.6) is 0 Å². The molecule has 3 rings (SSSR count).